The van der Waals surface area contributed by atoms with E-state index in [2.05, 4.69) is 5.32 Å². The number of benzene rings is 1. The van der Waals surface area contributed by atoms with Gasteiger partial charge in [-0.25, -0.2) is 4.39 Å². The van der Waals surface area contributed by atoms with Gasteiger partial charge in [0.2, 0.25) is 0 Å². The molecule has 1 heterocycles. The minimum absolute atomic E-state index is 0.0254. The van der Waals surface area contributed by atoms with E-state index < -0.39 is 5.60 Å². The van der Waals surface area contributed by atoms with Gasteiger partial charge in [0.25, 0.3) is 5.91 Å². The Hall–Kier alpha value is -1.79. The van der Waals surface area contributed by atoms with E-state index in [1.165, 1.54) is 30.0 Å². The Kier molecular flexibility index (Phi) is 5.16. The largest absolute Gasteiger partial charge is 0.466 e. The molecule has 1 aromatic heterocycles. The number of rotatable bonds is 5. The maximum absolute atomic E-state index is 13.5. The number of aryl methyl sites for hydroxylation is 2. The van der Waals surface area contributed by atoms with E-state index in [0.29, 0.717) is 27.5 Å². The van der Waals surface area contributed by atoms with Crippen LogP contribution < -0.4 is 5.32 Å². The fourth-order valence-corrected chi connectivity index (χ4v) is 2.92. The van der Waals surface area contributed by atoms with Crippen LogP contribution in [0.25, 0.3) is 0 Å². The van der Waals surface area contributed by atoms with Gasteiger partial charge in [-0.2, -0.15) is 0 Å². The summed E-state index contributed by atoms with van der Waals surface area (Å²) >= 11 is 1.24. The molecule has 0 aliphatic carbocycles. The van der Waals surface area contributed by atoms with Crippen LogP contribution in [0.3, 0.4) is 0 Å². The molecule has 4 nitrogen and oxygen atoms in total. The lowest BCUT2D eigenvalue weighted by atomic mass is 9.96. The summed E-state index contributed by atoms with van der Waals surface area (Å²) < 4.78 is 18.9. The highest BCUT2D eigenvalue weighted by Gasteiger charge is 2.28. The molecule has 0 aliphatic rings. The van der Waals surface area contributed by atoms with Crippen LogP contribution in [0, 0.1) is 19.7 Å². The molecule has 0 fully saturated rings. The molecule has 2 aromatic rings. The van der Waals surface area contributed by atoms with E-state index in [0.717, 1.165) is 0 Å². The van der Waals surface area contributed by atoms with Gasteiger partial charge in [-0.1, -0.05) is 0 Å². The molecule has 6 heteroatoms. The Morgan fingerprint density at radius 1 is 1.39 bits per heavy atom. The van der Waals surface area contributed by atoms with Crippen LogP contribution in [0.2, 0.25) is 0 Å². The fraction of sp³-hybridized carbons (Fsp3) is 0.353. The molecule has 0 saturated carbocycles. The van der Waals surface area contributed by atoms with Gasteiger partial charge in [0, 0.05) is 16.0 Å². The Bertz CT molecular complexity index is 725. The van der Waals surface area contributed by atoms with E-state index in [9.17, 15) is 14.3 Å². The summed E-state index contributed by atoms with van der Waals surface area (Å²) in [5.41, 5.74) is -0.259. The van der Waals surface area contributed by atoms with Gasteiger partial charge >= 0.3 is 0 Å². The number of hydrogen-bond acceptors (Lipinski definition) is 4. The quantitative estimate of drug-likeness (QED) is 0.821. The van der Waals surface area contributed by atoms with E-state index >= 15 is 0 Å². The van der Waals surface area contributed by atoms with E-state index in [1.54, 1.807) is 33.1 Å². The van der Waals surface area contributed by atoms with Crippen molar-refractivity contribution in [1.82, 2.24) is 5.32 Å². The number of furan rings is 1. The summed E-state index contributed by atoms with van der Waals surface area (Å²) in [5.74, 6) is 0.601. The first-order chi connectivity index (χ1) is 10.7. The van der Waals surface area contributed by atoms with Gasteiger partial charge < -0.3 is 14.8 Å². The van der Waals surface area contributed by atoms with Crippen LogP contribution in [0.15, 0.2) is 33.6 Å². The topological polar surface area (TPSA) is 62.5 Å². The Balaban J connectivity index is 2.10. The zero-order valence-electron chi connectivity index (χ0n) is 13.6. The lowest BCUT2D eigenvalue weighted by Crippen LogP contribution is -2.38. The smallest absolute Gasteiger partial charge is 0.251 e. The van der Waals surface area contributed by atoms with Gasteiger partial charge in [-0.3, -0.25) is 4.79 Å². The van der Waals surface area contributed by atoms with E-state index in [-0.39, 0.29) is 18.3 Å². The second kappa shape index (κ2) is 6.76. The van der Waals surface area contributed by atoms with Gasteiger partial charge in [0.1, 0.15) is 22.9 Å². The predicted molar refractivity (Wildman–Crippen MR) is 88.3 cm³/mol. The van der Waals surface area contributed by atoms with E-state index in [4.69, 9.17) is 4.42 Å². The van der Waals surface area contributed by atoms with Gasteiger partial charge in [0.15, 0.2) is 0 Å². The predicted octanol–water partition coefficient (Wildman–Crippen LogP) is 3.39. The minimum atomic E-state index is -1.25. The number of thioether (sulfide) groups is 1. The van der Waals surface area contributed by atoms with Crippen LogP contribution >= 0.6 is 11.8 Å². The third-order valence-corrected chi connectivity index (χ3v) is 4.38. The zero-order valence-corrected chi connectivity index (χ0v) is 14.4. The molecule has 1 aromatic carbocycles. The number of carbonyl (C=O) groups excluding carboxylic acids is 1. The molecule has 1 atom stereocenters. The molecule has 0 radical (unpaired) electrons. The first-order valence-electron chi connectivity index (χ1n) is 7.16. The molecule has 2 N–H and O–H groups in total. The summed E-state index contributed by atoms with van der Waals surface area (Å²) in [6.45, 7) is 5.21. The average molecular weight is 337 g/mol. The summed E-state index contributed by atoms with van der Waals surface area (Å²) in [4.78, 5) is 12.6. The van der Waals surface area contributed by atoms with Crippen molar-refractivity contribution in [1.29, 1.82) is 0 Å². The van der Waals surface area contributed by atoms with Crippen LogP contribution in [0.1, 0.15) is 34.4 Å². The van der Waals surface area contributed by atoms with Crippen molar-refractivity contribution >= 4 is 17.7 Å². The van der Waals surface area contributed by atoms with Crippen molar-refractivity contribution in [2.75, 3.05) is 12.8 Å². The SMILES string of the molecule is CSc1cc(C(=O)NCC(C)(O)c2cc(C)oc2C)ccc1F. The molecule has 2 rings (SSSR count). The van der Waals surface area contributed by atoms with Crippen molar-refractivity contribution in [2.45, 2.75) is 31.3 Å². The summed E-state index contributed by atoms with van der Waals surface area (Å²) in [5, 5.41) is 13.3. The Morgan fingerprint density at radius 3 is 2.65 bits per heavy atom. The highest BCUT2D eigenvalue weighted by molar-refractivity contribution is 7.98. The second-order valence-corrected chi connectivity index (χ2v) is 6.48. The average Bonchev–Trinajstić information content (AvgIpc) is 2.85. The third-order valence-electron chi connectivity index (χ3n) is 3.63. The molecule has 23 heavy (non-hydrogen) atoms. The number of carbonyl (C=O) groups is 1. The maximum Gasteiger partial charge on any atom is 0.251 e. The zero-order chi connectivity index (χ0) is 17.2. The molecule has 124 valence electrons. The highest BCUT2D eigenvalue weighted by Crippen LogP contribution is 2.26. The summed E-state index contributed by atoms with van der Waals surface area (Å²) in [6.07, 6.45) is 1.74. The summed E-state index contributed by atoms with van der Waals surface area (Å²) in [6, 6.07) is 5.94. The second-order valence-electron chi connectivity index (χ2n) is 5.63. The molecule has 0 saturated heterocycles. The monoisotopic (exact) mass is 337 g/mol. The maximum atomic E-state index is 13.5. The minimum Gasteiger partial charge on any atom is -0.466 e. The fourth-order valence-electron chi connectivity index (χ4n) is 2.42. The lowest BCUT2D eigenvalue weighted by molar-refractivity contribution is 0.0514. The molecular weight excluding hydrogens is 317 g/mol. The van der Waals surface area contributed by atoms with Gasteiger partial charge in [-0.15, -0.1) is 11.8 Å². The molecule has 1 amide bonds. The first kappa shape index (κ1) is 17.6. The normalized spacial score (nSPS) is 13.7. The van der Waals surface area contributed by atoms with Crippen molar-refractivity contribution in [3.05, 3.63) is 52.7 Å². The standard InChI is InChI=1S/C17H20FNO3S/c1-10-7-13(11(2)22-10)17(3,21)9-19-16(20)12-5-6-14(18)15(8-12)23-4/h5-8,21H,9H2,1-4H3,(H,19,20). The van der Waals surface area contributed by atoms with Crippen molar-refractivity contribution in [3.63, 3.8) is 0 Å². The molecule has 1 unspecified atom stereocenters. The molecule has 0 spiro atoms. The van der Waals surface area contributed by atoms with Gasteiger partial charge in [-0.05, 0) is 51.3 Å². The number of amides is 1. The highest BCUT2D eigenvalue weighted by atomic mass is 32.2. The van der Waals surface area contributed by atoms with Crippen molar-refractivity contribution < 1.29 is 18.7 Å². The van der Waals surface area contributed by atoms with Crippen LogP contribution in [0.5, 0.6) is 0 Å². The third kappa shape index (κ3) is 3.95. The molecular formula is C17H20FNO3S. The number of aliphatic hydroxyl groups is 1. The number of halogens is 1. The van der Waals surface area contributed by atoms with Crippen LogP contribution in [0.4, 0.5) is 4.39 Å². The first-order valence-corrected chi connectivity index (χ1v) is 8.38. The molecule has 0 bridgehead atoms. The van der Waals surface area contributed by atoms with Crippen LogP contribution in [-0.2, 0) is 5.60 Å². The summed E-state index contributed by atoms with van der Waals surface area (Å²) in [7, 11) is 0. The Labute approximate surface area is 139 Å². The lowest BCUT2D eigenvalue weighted by Gasteiger charge is -2.23. The van der Waals surface area contributed by atoms with Crippen molar-refractivity contribution in [3.8, 4) is 0 Å². The van der Waals surface area contributed by atoms with Gasteiger partial charge in [0.05, 0.1) is 6.54 Å². The number of nitrogens with one attached hydrogen (secondary N) is 1. The Morgan fingerprint density at radius 2 is 2.09 bits per heavy atom. The van der Waals surface area contributed by atoms with Crippen LogP contribution in [-0.4, -0.2) is 23.8 Å². The number of hydrogen-bond donors (Lipinski definition) is 2. The molecule has 0 aliphatic heterocycles. The van der Waals surface area contributed by atoms with Crippen molar-refractivity contribution in [2.24, 2.45) is 0 Å². The van der Waals surface area contributed by atoms with E-state index in [1.807, 2.05) is 0 Å².